The van der Waals surface area contributed by atoms with Crippen LogP contribution in [-0.2, 0) is 11.3 Å². The van der Waals surface area contributed by atoms with Crippen LogP contribution in [0.1, 0.15) is 28.8 Å². The summed E-state index contributed by atoms with van der Waals surface area (Å²) in [6.07, 6.45) is 0.335. The van der Waals surface area contributed by atoms with E-state index < -0.39 is 0 Å². The molecule has 146 valence electrons. The molecule has 0 radical (unpaired) electrons. The number of rotatable bonds is 7. The van der Waals surface area contributed by atoms with Gasteiger partial charge in [-0.25, -0.2) is 0 Å². The molecule has 0 unspecified atom stereocenters. The number of carbonyl (C=O) groups is 2. The minimum absolute atomic E-state index is 0.0390. The number of hydrogen-bond acceptors (Lipinski definition) is 4. The molecule has 4 rings (SSSR count). The number of nitrogens with one attached hydrogen (secondary N) is 1. The number of ether oxygens (including phenoxy) is 2. The third-order valence-electron chi connectivity index (χ3n) is 4.82. The molecule has 1 amide bonds. The lowest BCUT2D eigenvalue weighted by Crippen LogP contribution is -2.23. The second-order valence-corrected chi connectivity index (χ2v) is 6.83. The lowest BCUT2D eigenvalue weighted by atomic mass is 10.0. The van der Waals surface area contributed by atoms with Gasteiger partial charge in [0.2, 0.25) is 12.7 Å². The Morgan fingerprint density at radius 1 is 0.793 bits per heavy atom. The highest BCUT2D eigenvalue weighted by molar-refractivity contribution is 5.98. The normalized spacial score (nSPS) is 11.9. The average molecular weight is 387 g/mol. The van der Waals surface area contributed by atoms with Crippen LogP contribution < -0.4 is 14.8 Å². The monoisotopic (exact) mass is 387 g/mol. The van der Waals surface area contributed by atoms with Crippen molar-refractivity contribution < 1.29 is 19.1 Å². The van der Waals surface area contributed by atoms with Gasteiger partial charge in [-0.15, -0.1) is 0 Å². The minimum Gasteiger partial charge on any atom is -0.454 e. The van der Waals surface area contributed by atoms with E-state index in [1.165, 1.54) is 0 Å². The van der Waals surface area contributed by atoms with Gasteiger partial charge < -0.3 is 14.8 Å². The summed E-state index contributed by atoms with van der Waals surface area (Å²) in [5, 5.41) is 2.84. The molecular formula is C24H21NO4. The van der Waals surface area contributed by atoms with Crippen molar-refractivity contribution in [1.29, 1.82) is 0 Å². The molecule has 0 fully saturated rings. The number of ketones is 1. The maximum absolute atomic E-state index is 12.4. The predicted octanol–water partition coefficient (Wildman–Crippen LogP) is 4.36. The highest BCUT2D eigenvalue weighted by Crippen LogP contribution is 2.32. The molecule has 5 heteroatoms. The van der Waals surface area contributed by atoms with Gasteiger partial charge in [0.15, 0.2) is 17.3 Å². The zero-order chi connectivity index (χ0) is 20.1. The molecule has 0 aliphatic carbocycles. The molecule has 0 atom stereocenters. The van der Waals surface area contributed by atoms with E-state index in [1.807, 2.05) is 72.8 Å². The van der Waals surface area contributed by atoms with Crippen LogP contribution in [0, 0.1) is 0 Å². The van der Waals surface area contributed by atoms with Crippen LogP contribution in [0.3, 0.4) is 0 Å². The first kappa shape index (κ1) is 18.7. The fourth-order valence-corrected chi connectivity index (χ4v) is 3.19. The van der Waals surface area contributed by atoms with Crippen LogP contribution in [0.4, 0.5) is 0 Å². The first-order chi connectivity index (χ1) is 14.2. The summed E-state index contributed by atoms with van der Waals surface area (Å²) in [5.74, 6) is 1.20. The van der Waals surface area contributed by atoms with Gasteiger partial charge in [-0.1, -0.05) is 60.7 Å². The summed E-state index contributed by atoms with van der Waals surface area (Å²) >= 11 is 0. The molecule has 1 N–H and O–H groups in total. The summed E-state index contributed by atoms with van der Waals surface area (Å²) in [6, 6.07) is 23.0. The standard InChI is InChI=1S/C24H21NO4/c26-21(20-9-7-19(8-10-20)18-4-2-1-3-5-18)11-13-24(27)25-15-17-6-12-22-23(14-17)29-16-28-22/h1-10,12,14H,11,13,15-16H2,(H,25,27). The second kappa shape index (κ2) is 8.61. The maximum atomic E-state index is 12.4. The molecule has 0 saturated heterocycles. The fraction of sp³-hybridized carbons (Fsp3) is 0.167. The second-order valence-electron chi connectivity index (χ2n) is 6.83. The zero-order valence-electron chi connectivity index (χ0n) is 15.9. The number of hydrogen-bond donors (Lipinski definition) is 1. The van der Waals surface area contributed by atoms with Gasteiger partial charge in [0.25, 0.3) is 0 Å². The van der Waals surface area contributed by atoms with E-state index >= 15 is 0 Å². The molecular weight excluding hydrogens is 366 g/mol. The van der Waals surface area contributed by atoms with Crippen LogP contribution in [-0.4, -0.2) is 18.5 Å². The molecule has 0 saturated carbocycles. The molecule has 3 aromatic carbocycles. The van der Waals surface area contributed by atoms with Crippen LogP contribution in [0.5, 0.6) is 11.5 Å². The summed E-state index contributed by atoms with van der Waals surface area (Å²) in [7, 11) is 0. The van der Waals surface area contributed by atoms with Crippen LogP contribution in [0.25, 0.3) is 11.1 Å². The van der Waals surface area contributed by atoms with E-state index in [2.05, 4.69) is 5.32 Å². The Morgan fingerprint density at radius 3 is 2.31 bits per heavy atom. The number of Topliss-reactive ketones (excluding diaryl/α,β-unsaturated/α-hetero) is 1. The van der Waals surface area contributed by atoms with Crippen molar-refractivity contribution in [3.05, 3.63) is 83.9 Å². The first-order valence-corrected chi connectivity index (χ1v) is 9.53. The van der Waals surface area contributed by atoms with Crippen molar-refractivity contribution in [3.63, 3.8) is 0 Å². The van der Waals surface area contributed by atoms with E-state index in [9.17, 15) is 9.59 Å². The Balaban J connectivity index is 1.26. The van der Waals surface area contributed by atoms with Crippen molar-refractivity contribution in [2.24, 2.45) is 0 Å². The Hall–Kier alpha value is -3.60. The number of amides is 1. The summed E-state index contributed by atoms with van der Waals surface area (Å²) in [6.45, 7) is 0.606. The zero-order valence-corrected chi connectivity index (χ0v) is 15.9. The van der Waals surface area contributed by atoms with E-state index in [1.54, 1.807) is 0 Å². The van der Waals surface area contributed by atoms with Gasteiger partial charge in [-0.3, -0.25) is 9.59 Å². The lowest BCUT2D eigenvalue weighted by molar-refractivity contribution is -0.121. The minimum atomic E-state index is -0.156. The Kier molecular flexibility index (Phi) is 5.56. The first-order valence-electron chi connectivity index (χ1n) is 9.53. The molecule has 0 bridgehead atoms. The molecule has 1 heterocycles. The van der Waals surface area contributed by atoms with Crippen molar-refractivity contribution >= 4 is 11.7 Å². The molecule has 5 nitrogen and oxygen atoms in total. The summed E-state index contributed by atoms with van der Waals surface area (Å²) in [4.78, 5) is 24.5. The van der Waals surface area contributed by atoms with Crippen molar-refractivity contribution in [3.8, 4) is 22.6 Å². The highest BCUT2D eigenvalue weighted by atomic mass is 16.7. The Labute approximate surface area is 169 Å². The van der Waals surface area contributed by atoms with E-state index in [4.69, 9.17) is 9.47 Å². The molecule has 0 spiro atoms. The van der Waals surface area contributed by atoms with E-state index in [-0.39, 0.29) is 31.3 Å². The van der Waals surface area contributed by atoms with Gasteiger partial charge in [0.1, 0.15) is 0 Å². The van der Waals surface area contributed by atoms with E-state index in [0.717, 1.165) is 16.7 Å². The Bertz CT molecular complexity index is 1010. The number of carbonyl (C=O) groups excluding carboxylic acids is 2. The van der Waals surface area contributed by atoms with Gasteiger partial charge >= 0.3 is 0 Å². The molecule has 1 aliphatic rings. The van der Waals surface area contributed by atoms with Crippen molar-refractivity contribution in [2.75, 3.05) is 6.79 Å². The number of fused-ring (bicyclic) bond motifs is 1. The van der Waals surface area contributed by atoms with Gasteiger partial charge in [-0.2, -0.15) is 0 Å². The molecule has 29 heavy (non-hydrogen) atoms. The lowest BCUT2D eigenvalue weighted by Gasteiger charge is -2.07. The Morgan fingerprint density at radius 2 is 1.52 bits per heavy atom. The average Bonchev–Trinajstić information content (AvgIpc) is 3.24. The van der Waals surface area contributed by atoms with Crippen molar-refractivity contribution in [2.45, 2.75) is 19.4 Å². The highest BCUT2D eigenvalue weighted by Gasteiger charge is 2.14. The topological polar surface area (TPSA) is 64.6 Å². The third-order valence-corrected chi connectivity index (χ3v) is 4.82. The van der Waals surface area contributed by atoms with Gasteiger partial charge in [0, 0.05) is 24.9 Å². The maximum Gasteiger partial charge on any atom is 0.231 e. The SMILES string of the molecule is O=C(CCC(=O)c1ccc(-c2ccccc2)cc1)NCc1ccc2c(c1)OCO2. The van der Waals surface area contributed by atoms with Crippen LogP contribution >= 0.6 is 0 Å². The molecule has 3 aromatic rings. The summed E-state index contributed by atoms with van der Waals surface area (Å²) in [5.41, 5.74) is 3.71. The molecule has 1 aliphatic heterocycles. The third kappa shape index (κ3) is 4.63. The quantitative estimate of drug-likeness (QED) is 0.612. The van der Waals surface area contributed by atoms with Crippen LogP contribution in [0.2, 0.25) is 0 Å². The van der Waals surface area contributed by atoms with Gasteiger partial charge in [0.05, 0.1) is 0 Å². The fourth-order valence-electron chi connectivity index (χ4n) is 3.19. The van der Waals surface area contributed by atoms with E-state index in [0.29, 0.717) is 23.6 Å². The smallest absolute Gasteiger partial charge is 0.231 e. The van der Waals surface area contributed by atoms with Crippen LogP contribution in [0.15, 0.2) is 72.8 Å². The van der Waals surface area contributed by atoms with Crippen molar-refractivity contribution in [1.82, 2.24) is 5.32 Å². The largest absolute Gasteiger partial charge is 0.454 e. The number of benzene rings is 3. The molecule has 0 aromatic heterocycles. The summed E-state index contributed by atoms with van der Waals surface area (Å²) < 4.78 is 10.6. The predicted molar refractivity (Wildman–Crippen MR) is 110 cm³/mol. The van der Waals surface area contributed by atoms with Gasteiger partial charge in [-0.05, 0) is 28.8 Å².